The Balaban J connectivity index is 1.53. The molecule has 2 aliphatic rings. The van der Waals surface area contributed by atoms with E-state index in [9.17, 15) is 18.0 Å². The van der Waals surface area contributed by atoms with Crippen molar-refractivity contribution in [3.8, 4) is 17.1 Å². The summed E-state index contributed by atoms with van der Waals surface area (Å²) in [6.45, 7) is 3.66. The molecule has 0 unspecified atom stereocenters. The minimum Gasteiger partial charge on any atom is -0.404 e. The minimum atomic E-state index is -4.88. The molecule has 3 heterocycles. The lowest BCUT2D eigenvalue weighted by Gasteiger charge is -2.30. The number of alkyl halides is 3. The smallest absolute Gasteiger partial charge is 0.404 e. The van der Waals surface area contributed by atoms with Crippen LogP contribution in [0.4, 0.5) is 30.5 Å². The number of amides is 1. The van der Waals surface area contributed by atoms with E-state index in [1.165, 1.54) is 6.07 Å². The third-order valence-corrected chi connectivity index (χ3v) is 6.44. The average Bonchev–Trinajstić information content (AvgIpc) is 3.27. The number of primary amides is 1. The molecule has 5 rings (SSSR count). The second kappa shape index (κ2) is 10.5. The molecule has 3 aromatic rings. The zero-order valence-electron chi connectivity index (χ0n) is 20.6. The molecule has 2 aromatic heterocycles. The van der Waals surface area contributed by atoms with Crippen molar-refractivity contribution < 1.29 is 27.4 Å². The van der Waals surface area contributed by atoms with Gasteiger partial charge in [-0.25, -0.2) is 9.97 Å². The lowest BCUT2D eigenvalue weighted by Crippen LogP contribution is -2.43. The summed E-state index contributed by atoms with van der Waals surface area (Å²) in [4.78, 5) is 23.1. The van der Waals surface area contributed by atoms with E-state index in [4.69, 9.17) is 10.5 Å². The third-order valence-electron chi connectivity index (χ3n) is 6.44. The summed E-state index contributed by atoms with van der Waals surface area (Å²) >= 11 is 0. The van der Waals surface area contributed by atoms with Gasteiger partial charge in [0.2, 0.25) is 5.95 Å². The van der Waals surface area contributed by atoms with Gasteiger partial charge in [-0.1, -0.05) is 0 Å². The molecule has 0 bridgehead atoms. The number of halogens is 3. The van der Waals surface area contributed by atoms with Crippen LogP contribution in [0.5, 0.6) is 5.75 Å². The Morgan fingerprint density at radius 1 is 1.24 bits per heavy atom. The number of nitrogens with zero attached hydrogens (tertiary/aromatic N) is 5. The molecule has 202 valence electrons. The van der Waals surface area contributed by atoms with Crippen molar-refractivity contribution in [3.05, 3.63) is 41.2 Å². The summed E-state index contributed by atoms with van der Waals surface area (Å²) < 4.78 is 50.6. The first kappa shape index (κ1) is 25.7. The summed E-state index contributed by atoms with van der Waals surface area (Å²) in [5, 5.41) is 10.5. The molecule has 0 spiro atoms. The highest BCUT2D eigenvalue weighted by Gasteiger charge is 2.33. The Labute approximate surface area is 216 Å². The van der Waals surface area contributed by atoms with Crippen molar-refractivity contribution in [2.45, 2.75) is 25.7 Å². The van der Waals surface area contributed by atoms with Crippen LogP contribution >= 0.6 is 0 Å². The van der Waals surface area contributed by atoms with E-state index in [-0.39, 0.29) is 17.3 Å². The number of hydrogen-bond acceptors (Lipinski definition) is 9. The molecule has 38 heavy (non-hydrogen) atoms. The molecule has 14 heteroatoms. The number of benzene rings is 1. The number of anilines is 3. The second-order valence-corrected chi connectivity index (χ2v) is 8.91. The molecule has 0 atom stereocenters. The van der Waals surface area contributed by atoms with Crippen LogP contribution in [0.2, 0.25) is 0 Å². The molecule has 11 nitrogen and oxygen atoms in total. The van der Waals surface area contributed by atoms with E-state index in [1.807, 2.05) is 0 Å². The lowest BCUT2D eigenvalue weighted by molar-refractivity contribution is -0.274. The summed E-state index contributed by atoms with van der Waals surface area (Å²) in [5.74, 6) is -0.979. The molecular weight excluding hydrogens is 505 g/mol. The number of aromatic nitrogens is 4. The van der Waals surface area contributed by atoms with Crippen molar-refractivity contribution in [1.29, 1.82) is 0 Å². The van der Waals surface area contributed by atoms with Crippen LogP contribution in [0.3, 0.4) is 0 Å². The normalized spacial score (nSPS) is 15.1. The molecule has 1 saturated heterocycles. The van der Waals surface area contributed by atoms with Crippen LogP contribution < -0.4 is 26.0 Å². The highest BCUT2D eigenvalue weighted by Crippen LogP contribution is 2.37. The number of aryl methyl sites for hydroxylation is 1. The zero-order valence-corrected chi connectivity index (χ0v) is 20.6. The monoisotopic (exact) mass is 532 g/mol. The Morgan fingerprint density at radius 2 is 2.03 bits per heavy atom. The fourth-order valence-electron chi connectivity index (χ4n) is 4.72. The maximum atomic E-state index is 13.2. The van der Waals surface area contributed by atoms with Crippen molar-refractivity contribution in [2.24, 2.45) is 5.73 Å². The van der Waals surface area contributed by atoms with Crippen LogP contribution in [0.1, 0.15) is 21.6 Å². The Hall–Kier alpha value is -3.91. The molecule has 0 saturated carbocycles. The van der Waals surface area contributed by atoms with Gasteiger partial charge in [0, 0.05) is 50.7 Å². The summed E-state index contributed by atoms with van der Waals surface area (Å²) in [6, 6.07) is 4.47. The number of ether oxygens (including phenoxy) is 2. The first-order valence-electron chi connectivity index (χ1n) is 12.1. The second-order valence-electron chi connectivity index (χ2n) is 8.91. The number of carbonyl (C=O) groups excluding carboxylic acids is 1. The maximum Gasteiger partial charge on any atom is 0.573 e. The molecule has 1 aliphatic heterocycles. The topological polar surface area (TPSA) is 132 Å². The van der Waals surface area contributed by atoms with Gasteiger partial charge in [-0.15, -0.1) is 13.2 Å². The number of hydrogen-bond donors (Lipinski definition) is 3. The van der Waals surface area contributed by atoms with E-state index in [0.29, 0.717) is 56.0 Å². The lowest BCUT2D eigenvalue weighted by atomic mass is 9.93. The van der Waals surface area contributed by atoms with Gasteiger partial charge in [-0.3, -0.25) is 9.48 Å². The molecule has 1 fully saturated rings. The fourth-order valence-corrected chi connectivity index (χ4v) is 4.72. The largest absolute Gasteiger partial charge is 0.573 e. The number of carbonyl (C=O) groups is 1. The summed E-state index contributed by atoms with van der Waals surface area (Å²) in [6.07, 6.45) is -2.17. The molecule has 1 aliphatic carbocycles. The number of nitrogens with two attached hydrogens (primary N) is 1. The number of rotatable bonds is 8. The van der Waals surface area contributed by atoms with Crippen molar-refractivity contribution >= 4 is 23.2 Å². The summed E-state index contributed by atoms with van der Waals surface area (Å²) in [5.41, 5.74) is 9.18. The highest BCUT2D eigenvalue weighted by atomic mass is 19.4. The van der Waals surface area contributed by atoms with Crippen LogP contribution in [0.15, 0.2) is 24.4 Å². The van der Waals surface area contributed by atoms with Gasteiger partial charge in [-0.05, 0) is 36.6 Å². The first-order chi connectivity index (χ1) is 18.2. The SMILES string of the molecule is COCCn1nc(C(N)=O)c2c1-c1nc(Nc3cc(N4CCNCC4)ccc3OC(F)(F)F)ncc1CC2. The third kappa shape index (κ3) is 5.36. The van der Waals surface area contributed by atoms with Crippen LogP contribution in [0.25, 0.3) is 11.4 Å². The molecular formula is C24H27F3N8O3. The number of nitrogens with one attached hydrogen (secondary N) is 2. The van der Waals surface area contributed by atoms with Crippen molar-refractivity contribution in [1.82, 2.24) is 25.1 Å². The maximum absolute atomic E-state index is 13.2. The number of piperazine rings is 1. The van der Waals surface area contributed by atoms with E-state index >= 15 is 0 Å². The molecule has 1 aromatic carbocycles. The number of methoxy groups -OCH3 is 1. The zero-order chi connectivity index (χ0) is 26.9. The van der Waals surface area contributed by atoms with Gasteiger partial charge >= 0.3 is 6.36 Å². The molecule has 4 N–H and O–H groups in total. The van der Waals surface area contributed by atoms with E-state index in [1.54, 1.807) is 30.1 Å². The van der Waals surface area contributed by atoms with E-state index in [0.717, 1.165) is 24.3 Å². The summed E-state index contributed by atoms with van der Waals surface area (Å²) in [7, 11) is 1.55. The van der Waals surface area contributed by atoms with Crippen LogP contribution in [-0.4, -0.2) is 71.9 Å². The standard InChI is InChI=1S/C24H27F3N8O3/c1-37-11-10-35-21-16(20(33-35)22(28)36)4-2-14-13-30-23(32-19(14)21)31-17-12-15(34-8-6-29-7-9-34)3-5-18(17)38-24(25,26)27/h3,5,12-13,29H,2,4,6-11H2,1H3,(H2,28,36)(H,30,31,32). The Bertz CT molecular complexity index is 1340. The van der Waals surface area contributed by atoms with Crippen molar-refractivity contribution in [2.75, 3.05) is 50.1 Å². The van der Waals surface area contributed by atoms with Gasteiger partial charge in [-0.2, -0.15) is 5.10 Å². The molecule has 1 amide bonds. The Morgan fingerprint density at radius 3 is 2.74 bits per heavy atom. The Kier molecular flexibility index (Phi) is 7.08. The van der Waals surface area contributed by atoms with Crippen molar-refractivity contribution in [3.63, 3.8) is 0 Å². The molecule has 0 radical (unpaired) electrons. The highest BCUT2D eigenvalue weighted by molar-refractivity contribution is 5.94. The fraction of sp³-hybridized carbons (Fsp3) is 0.417. The minimum absolute atomic E-state index is 0.0695. The number of fused-ring (bicyclic) bond motifs is 3. The van der Waals surface area contributed by atoms with Gasteiger partial charge in [0.15, 0.2) is 11.4 Å². The quantitative estimate of drug-likeness (QED) is 0.400. The van der Waals surface area contributed by atoms with Gasteiger partial charge in [0.25, 0.3) is 5.91 Å². The predicted molar refractivity (Wildman–Crippen MR) is 133 cm³/mol. The predicted octanol–water partition coefficient (Wildman–Crippen LogP) is 2.24. The van der Waals surface area contributed by atoms with E-state index < -0.39 is 18.0 Å². The van der Waals surface area contributed by atoms with E-state index in [2.05, 4.69) is 35.3 Å². The van der Waals surface area contributed by atoms with Gasteiger partial charge < -0.3 is 30.7 Å². The van der Waals surface area contributed by atoms with Gasteiger partial charge in [0.05, 0.1) is 30.2 Å². The van der Waals surface area contributed by atoms with Crippen LogP contribution in [-0.2, 0) is 24.1 Å². The first-order valence-corrected chi connectivity index (χ1v) is 12.1. The average molecular weight is 533 g/mol. The van der Waals surface area contributed by atoms with Gasteiger partial charge in [0.1, 0.15) is 0 Å². The van der Waals surface area contributed by atoms with Crippen LogP contribution in [0, 0.1) is 0 Å².